The van der Waals surface area contributed by atoms with Crippen molar-refractivity contribution in [3.63, 3.8) is 0 Å². The summed E-state index contributed by atoms with van der Waals surface area (Å²) in [5.41, 5.74) is 1.68. The van der Waals surface area contributed by atoms with Gasteiger partial charge in [-0.2, -0.15) is 0 Å². The Kier molecular flexibility index (Phi) is 5.94. The number of esters is 1. The summed E-state index contributed by atoms with van der Waals surface area (Å²) in [6.07, 6.45) is -0.783. The van der Waals surface area contributed by atoms with E-state index < -0.39 is 12.1 Å². The second-order valence-corrected chi connectivity index (χ2v) is 4.46. The quantitative estimate of drug-likeness (QED) is 0.579. The second kappa shape index (κ2) is 8.19. The van der Waals surface area contributed by atoms with Crippen molar-refractivity contribution in [3.05, 3.63) is 71.8 Å². The fourth-order valence-electron chi connectivity index (χ4n) is 1.87. The van der Waals surface area contributed by atoms with Crippen LogP contribution >= 0.6 is 0 Å². The van der Waals surface area contributed by atoms with Gasteiger partial charge in [0.1, 0.15) is 13.4 Å². The molecule has 2 aromatic rings. The molecule has 0 bridgehead atoms. The fraction of sp³-hybridized carbons (Fsp3) is 0.235. The third-order valence-electron chi connectivity index (χ3n) is 2.89. The van der Waals surface area contributed by atoms with Crippen LogP contribution in [0.2, 0.25) is 0 Å². The zero-order valence-corrected chi connectivity index (χ0v) is 11.9. The summed E-state index contributed by atoms with van der Waals surface area (Å²) in [6, 6.07) is 18.8. The molecule has 0 radical (unpaired) electrons. The highest BCUT2D eigenvalue weighted by atomic mass is 16.7. The predicted molar refractivity (Wildman–Crippen MR) is 78.4 cm³/mol. The van der Waals surface area contributed by atoms with Crippen LogP contribution in [0.1, 0.15) is 17.2 Å². The first-order valence-electron chi connectivity index (χ1n) is 6.67. The maximum absolute atomic E-state index is 12.2. The summed E-state index contributed by atoms with van der Waals surface area (Å²) in [6.45, 7) is 0.249. The van der Waals surface area contributed by atoms with Crippen molar-refractivity contribution >= 4 is 5.97 Å². The Hall–Kier alpha value is -2.17. The summed E-state index contributed by atoms with van der Waals surface area (Å²) in [7, 11) is 1.51. The zero-order chi connectivity index (χ0) is 14.9. The van der Waals surface area contributed by atoms with Gasteiger partial charge in [-0.05, 0) is 11.1 Å². The van der Waals surface area contributed by atoms with E-state index in [2.05, 4.69) is 0 Å². The molecule has 1 atom stereocenters. The highest BCUT2D eigenvalue weighted by Gasteiger charge is 2.22. The molecule has 4 nitrogen and oxygen atoms in total. The van der Waals surface area contributed by atoms with Crippen molar-refractivity contribution in [3.8, 4) is 0 Å². The monoisotopic (exact) mass is 286 g/mol. The van der Waals surface area contributed by atoms with Crippen LogP contribution in [0.5, 0.6) is 0 Å². The van der Waals surface area contributed by atoms with E-state index in [0.29, 0.717) is 0 Å². The van der Waals surface area contributed by atoms with Gasteiger partial charge in [0.15, 0.2) is 6.10 Å². The van der Waals surface area contributed by atoms with E-state index in [-0.39, 0.29) is 13.4 Å². The van der Waals surface area contributed by atoms with Gasteiger partial charge in [-0.15, -0.1) is 0 Å². The van der Waals surface area contributed by atoms with Gasteiger partial charge >= 0.3 is 5.97 Å². The van der Waals surface area contributed by atoms with Crippen LogP contribution in [-0.4, -0.2) is 19.9 Å². The fourth-order valence-corrected chi connectivity index (χ4v) is 1.87. The molecule has 110 valence electrons. The lowest BCUT2D eigenvalue weighted by atomic mass is 10.1. The first kappa shape index (κ1) is 15.2. The van der Waals surface area contributed by atoms with Gasteiger partial charge in [0.2, 0.25) is 0 Å². The van der Waals surface area contributed by atoms with Crippen molar-refractivity contribution in [2.24, 2.45) is 0 Å². The Morgan fingerprint density at radius 2 is 1.62 bits per heavy atom. The van der Waals surface area contributed by atoms with Crippen LogP contribution in [0.3, 0.4) is 0 Å². The number of ether oxygens (including phenoxy) is 3. The minimum absolute atomic E-state index is 0.0278. The molecule has 0 aliphatic rings. The third-order valence-corrected chi connectivity index (χ3v) is 2.89. The van der Waals surface area contributed by atoms with Crippen LogP contribution in [0.4, 0.5) is 0 Å². The van der Waals surface area contributed by atoms with Gasteiger partial charge in [0.05, 0.1) is 0 Å². The smallest absolute Gasteiger partial charge is 0.340 e. The average Bonchev–Trinajstić information content (AvgIpc) is 2.55. The number of benzene rings is 2. The van der Waals surface area contributed by atoms with E-state index in [1.807, 2.05) is 60.7 Å². The van der Waals surface area contributed by atoms with Crippen LogP contribution in [-0.2, 0) is 25.6 Å². The highest BCUT2D eigenvalue weighted by Crippen LogP contribution is 2.19. The minimum Gasteiger partial charge on any atom is -0.459 e. The largest absolute Gasteiger partial charge is 0.459 e. The number of methoxy groups -OCH3 is 1. The maximum atomic E-state index is 12.2. The Labute approximate surface area is 124 Å². The second-order valence-electron chi connectivity index (χ2n) is 4.46. The molecule has 0 spiro atoms. The molecule has 2 rings (SSSR count). The van der Waals surface area contributed by atoms with Crippen LogP contribution in [0, 0.1) is 0 Å². The van der Waals surface area contributed by atoms with Crippen LogP contribution < -0.4 is 0 Å². The van der Waals surface area contributed by atoms with Gasteiger partial charge in [0.25, 0.3) is 0 Å². The molecule has 0 saturated heterocycles. The minimum atomic E-state index is -0.783. The summed E-state index contributed by atoms with van der Waals surface area (Å²) >= 11 is 0. The summed E-state index contributed by atoms with van der Waals surface area (Å²) in [5, 5.41) is 0. The molecule has 4 heteroatoms. The summed E-state index contributed by atoms with van der Waals surface area (Å²) < 4.78 is 15.6. The molecule has 0 N–H and O–H groups in total. The Morgan fingerprint density at radius 1 is 1.00 bits per heavy atom. The van der Waals surface area contributed by atoms with E-state index in [0.717, 1.165) is 11.1 Å². The molecule has 21 heavy (non-hydrogen) atoms. The van der Waals surface area contributed by atoms with Gasteiger partial charge in [-0.25, -0.2) is 4.79 Å². The van der Waals surface area contributed by atoms with E-state index in [4.69, 9.17) is 14.2 Å². The highest BCUT2D eigenvalue weighted by molar-refractivity contribution is 5.76. The Balaban J connectivity index is 2.01. The molecular weight excluding hydrogens is 268 g/mol. The van der Waals surface area contributed by atoms with Crippen molar-refractivity contribution in [1.29, 1.82) is 0 Å². The number of hydrogen-bond acceptors (Lipinski definition) is 4. The molecular formula is C17H18O4. The molecule has 0 saturated carbocycles. The SMILES string of the molecule is COCO[C@H](C(=O)OCc1ccccc1)c1ccccc1. The molecule has 0 fully saturated rings. The molecule has 0 aliphatic heterocycles. The predicted octanol–water partition coefficient (Wildman–Crippen LogP) is 3.09. The summed E-state index contributed by atoms with van der Waals surface area (Å²) in [4.78, 5) is 12.2. The molecule has 0 unspecified atom stereocenters. The van der Waals surface area contributed by atoms with Crippen molar-refractivity contribution in [2.75, 3.05) is 13.9 Å². The standard InChI is InChI=1S/C17H18O4/c1-19-13-21-16(15-10-6-3-7-11-15)17(18)20-12-14-8-4-2-5-9-14/h2-11,16H,12-13H2,1H3/t16-/m0/s1. The normalized spacial score (nSPS) is 11.9. The molecule has 2 aromatic carbocycles. The third kappa shape index (κ3) is 4.70. The number of carbonyl (C=O) groups is 1. The Bertz CT molecular complexity index is 539. The van der Waals surface area contributed by atoms with Gasteiger partial charge in [-0.3, -0.25) is 0 Å². The first-order chi connectivity index (χ1) is 10.3. The molecule has 0 aliphatic carbocycles. The lowest BCUT2D eigenvalue weighted by Crippen LogP contribution is -2.20. The van der Waals surface area contributed by atoms with Crippen molar-refractivity contribution in [1.82, 2.24) is 0 Å². The van der Waals surface area contributed by atoms with Gasteiger partial charge in [0, 0.05) is 7.11 Å². The summed E-state index contributed by atoms with van der Waals surface area (Å²) in [5.74, 6) is -0.429. The number of carbonyl (C=O) groups excluding carboxylic acids is 1. The van der Waals surface area contributed by atoms with Crippen LogP contribution in [0.25, 0.3) is 0 Å². The van der Waals surface area contributed by atoms with E-state index in [1.54, 1.807) is 0 Å². The van der Waals surface area contributed by atoms with Crippen LogP contribution in [0.15, 0.2) is 60.7 Å². The number of hydrogen-bond donors (Lipinski definition) is 0. The lowest BCUT2D eigenvalue weighted by molar-refractivity contribution is -0.167. The zero-order valence-electron chi connectivity index (χ0n) is 11.9. The molecule has 0 aromatic heterocycles. The molecule has 0 heterocycles. The van der Waals surface area contributed by atoms with Crippen molar-refractivity contribution < 1.29 is 19.0 Å². The van der Waals surface area contributed by atoms with E-state index in [1.165, 1.54) is 7.11 Å². The molecule has 0 amide bonds. The first-order valence-corrected chi connectivity index (χ1v) is 6.67. The average molecular weight is 286 g/mol. The number of rotatable bonds is 7. The van der Waals surface area contributed by atoms with Crippen molar-refractivity contribution in [2.45, 2.75) is 12.7 Å². The Morgan fingerprint density at radius 3 is 2.24 bits per heavy atom. The maximum Gasteiger partial charge on any atom is 0.340 e. The van der Waals surface area contributed by atoms with E-state index in [9.17, 15) is 4.79 Å². The van der Waals surface area contributed by atoms with Gasteiger partial charge in [-0.1, -0.05) is 60.7 Å². The topological polar surface area (TPSA) is 44.8 Å². The van der Waals surface area contributed by atoms with Gasteiger partial charge < -0.3 is 14.2 Å². The lowest BCUT2D eigenvalue weighted by Gasteiger charge is -2.16. The van der Waals surface area contributed by atoms with E-state index >= 15 is 0 Å².